The van der Waals surface area contributed by atoms with Gasteiger partial charge in [-0.15, -0.1) is 0 Å². The molecule has 1 aromatic carbocycles. The van der Waals surface area contributed by atoms with E-state index in [1.807, 2.05) is 4.90 Å². The molecule has 1 heterocycles. The van der Waals surface area contributed by atoms with Crippen molar-refractivity contribution in [3.63, 3.8) is 0 Å². The van der Waals surface area contributed by atoms with Crippen LogP contribution >= 0.6 is 0 Å². The zero-order chi connectivity index (χ0) is 14.9. The third-order valence-electron chi connectivity index (χ3n) is 3.32. The Kier molecular flexibility index (Phi) is 3.85. The SMILES string of the molecule is CC1CS(=O)(=O)CCN1c1ccc(F)cc1/C(N)=N/O. The van der Waals surface area contributed by atoms with Gasteiger partial charge in [-0.2, -0.15) is 0 Å². The van der Waals surface area contributed by atoms with E-state index in [4.69, 9.17) is 10.9 Å². The second-order valence-corrected chi connectivity index (χ2v) is 7.03. The van der Waals surface area contributed by atoms with Crippen molar-refractivity contribution in [1.82, 2.24) is 0 Å². The Bertz CT molecular complexity index is 645. The normalized spacial score (nSPS) is 22.8. The summed E-state index contributed by atoms with van der Waals surface area (Å²) in [7, 11) is -3.05. The number of nitrogens with two attached hydrogens (primary N) is 1. The predicted octanol–water partition coefficient (Wildman–Crippen LogP) is 0.543. The van der Waals surface area contributed by atoms with Crippen molar-refractivity contribution in [3.8, 4) is 0 Å². The monoisotopic (exact) mass is 301 g/mol. The number of amidine groups is 1. The highest BCUT2D eigenvalue weighted by Crippen LogP contribution is 2.26. The number of oxime groups is 1. The zero-order valence-electron chi connectivity index (χ0n) is 11.0. The van der Waals surface area contributed by atoms with E-state index in [-0.39, 0.29) is 28.9 Å². The summed E-state index contributed by atoms with van der Waals surface area (Å²) in [6.07, 6.45) is 0. The van der Waals surface area contributed by atoms with Gasteiger partial charge in [-0.1, -0.05) is 5.16 Å². The van der Waals surface area contributed by atoms with E-state index in [0.717, 1.165) is 0 Å². The number of hydrogen-bond donors (Lipinski definition) is 2. The second kappa shape index (κ2) is 5.28. The third kappa shape index (κ3) is 2.84. The minimum Gasteiger partial charge on any atom is -0.409 e. The lowest BCUT2D eigenvalue weighted by atomic mass is 10.1. The molecular formula is C12H16FN3O3S. The fourth-order valence-electron chi connectivity index (χ4n) is 2.37. The van der Waals surface area contributed by atoms with Crippen LogP contribution in [0.15, 0.2) is 23.4 Å². The van der Waals surface area contributed by atoms with Crippen molar-refractivity contribution in [3.05, 3.63) is 29.6 Å². The van der Waals surface area contributed by atoms with Gasteiger partial charge in [-0.3, -0.25) is 0 Å². The van der Waals surface area contributed by atoms with Gasteiger partial charge in [-0.25, -0.2) is 12.8 Å². The molecule has 8 heteroatoms. The number of benzene rings is 1. The van der Waals surface area contributed by atoms with Gasteiger partial charge in [0.2, 0.25) is 0 Å². The first kappa shape index (κ1) is 14.6. The Morgan fingerprint density at radius 3 is 2.85 bits per heavy atom. The Balaban J connectivity index is 2.43. The Labute approximate surface area is 116 Å². The number of anilines is 1. The predicted molar refractivity (Wildman–Crippen MR) is 74.4 cm³/mol. The van der Waals surface area contributed by atoms with Crippen LogP contribution in [0.5, 0.6) is 0 Å². The van der Waals surface area contributed by atoms with Gasteiger partial charge in [0.15, 0.2) is 15.7 Å². The van der Waals surface area contributed by atoms with E-state index in [1.54, 1.807) is 6.92 Å². The molecule has 0 saturated carbocycles. The number of sulfone groups is 1. The van der Waals surface area contributed by atoms with Gasteiger partial charge >= 0.3 is 0 Å². The number of nitrogens with zero attached hydrogens (tertiary/aromatic N) is 2. The van der Waals surface area contributed by atoms with E-state index in [9.17, 15) is 12.8 Å². The first-order chi connectivity index (χ1) is 9.34. The molecular weight excluding hydrogens is 285 g/mol. The van der Waals surface area contributed by atoms with Crippen LogP contribution in [0.1, 0.15) is 12.5 Å². The molecule has 0 amide bonds. The molecule has 1 unspecified atom stereocenters. The first-order valence-corrected chi connectivity index (χ1v) is 7.90. The van der Waals surface area contributed by atoms with Crippen molar-refractivity contribution < 1.29 is 18.0 Å². The van der Waals surface area contributed by atoms with Gasteiger partial charge in [0, 0.05) is 23.8 Å². The molecule has 0 aliphatic carbocycles. The number of hydrogen-bond acceptors (Lipinski definition) is 5. The van der Waals surface area contributed by atoms with Crippen LogP contribution in [0.2, 0.25) is 0 Å². The highest BCUT2D eigenvalue weighted by Gasteiger charge is 2.30. The molecule has 20 heavy (non-hydrogen) atoms. The van der Waals surface area contributed by atoms with Crippen LogP contribution in [0.25, 0.3) is 0 Å². The largest absolute Gasteiger partial charge is 0.409 e. The lowest BCUT2D eigenvalue weighted by Crippen LogP contribution is -2.47. The standard InChI is InChI=1S/C12H16FN3O3S/c1-8-7-20(18,19)5-4-16(8)11-3-2-9(13)6-10(11)12(14)15-17/h2-3,6,8,17H,4-5,7H2,1H3,(H2,14,15). The molecule has 1 aliphatic rings. The minimum absolute atomic E-state index is 0.0278. The van der Waals surface area contributed by atoms with Crippen LogP contribution in [-0.2, 0) is 9.84 Å². The summed E-state index contributed by atoms with van der Waals surface area (Å²) in [5.74, 6) is -0.655. The molecule has 0 aromatic heterocycles. The van der Waals surface area contributed by atoms with Gasteiger partial charge in [0.05, 0.1) is 11.5 Å². The summed E-state index contributed by atoms with van der Waals surface area (Å²) in [5.41, 5.74) is 6.37. The average molecular weight is 301 g/mol. The molecule has 1 atom stereocenters. The molecule has 6 nitrogen and oxygen atoms in total. The highest BCUT2D eigenvalue weighted by molar-refractivity contribution is 7.91. The van der Waals surface area contributed by atoms with E-state index in [0.29, 0.717) is 12.2 Å². The van der Waals surface area contributed by atoms with Crippen molar-refractivity contribution in [2.24, 2.45) is 10.9 Å². The van der Waals surface area contributed by atoms with Gasteiger partial charge in [0.25, 0.3) is 0 Å². The fraction of sp³-hybridized carbons (Fsp3) is 0.417. The number of rotatable bonds is 2. The quantitative estimate of drug-likeness (QED) is 0.360. The van der Waals surface area contributed by atoms with E-state index in [2.05, 4.69) is 5.16 Å². The van der Waals surface area contributed by atoms with Crippen LogP contribution in [0, 0.1) is 5.82 Å². The summed E-state index contributed by atoms with van der Waals surface area (Å²) in [5, 5.41) is 11.7. The van der Waals surface area contributed by atoms with Crippen molar-refractivity contribution >= 4 is 21.4 Å². The fourth-order valence-corrected chi connectivity index (χ4v) is 3.93. The molecule has 1 aliphatic heterocycles. The van der Waals surface area contributed by atoms with Crippen molar-refractivity contribution in [1.29, 1.82) is 0 Å². The van der Waals surface area contributed by atoms with Crippen LogP contribution in [0.3, 0.4) is 0 Å². The van der Waals surface area contributed by atoms with Gasteiger partial charge in [0.1, 0.15) is 5.82 Å². The molecule has 1 aromatic rings. The average Bonchev–Trinajstić information content (AvgIpc) is 2.37. The smallest absolute Gasteiger partial charge is 0.172 e. The molecule has 0 spiro atoms. The van der Waals surface area contributed by atoms with Crippen molar-refractivity contribution in [2.75, 3.05) is 23.0 Å². The Hall–Kier alpha value is -1.83. The summed E-state index contributed by atoms with van der Waals surface area (Å²) in [4.78, 5) is 1.83. The second-order valence-electron chi connectivity index (χ2n) is 4.80. The lowest BCUT2D eigenvalue weighted by molar-refractivity contribution is 0.318. The van der Waals surface area contributed by atoms with E-state index in [1.165, 1.54) is 18.2 Å². The molecule has 3 N–H and O–H groups in total. The topological polar surface area (TPSA) is 96.0 Å². The third-order valence-corrected chi connectivity index (χ3v) is 5.12. The van der Waals surface area contributed by atoms with Gasteiger partial charge < -0.3 is 15.8 Å². The molecule has 110 valence electrons. The van der Waals surface area contributed by atoms with Crippen LogP contribution in [0.4, 0.5) is 10.1 Å². The highest BCUT2D eigenvalue weighted by atomic mass is 32.2. The van der Waals surface area contributed by atoms with Crippen molar-refractivity contribution in [2.45, 2.75) is 13.0 Å². The molecule has 1 fully saturated rings. The van der Waals surface area contributed by atoms with Crippen LogP contribution < -0.4 is 10.6 Å². The maximum absolute atomic E-state index is 13.3. The molecule has 2 rings (SSSR count). The number of halogens is 1. The van der Waals surface area contributed by atoms with Gasteiger partial charge in [-0.05, 0) is 25.1 Å². The lowest BCUT2D eigenvalue weighted by Gasteiger charge is -2.36. The zero-order valence-corrected chi connectivity index (χ0v) is 11.8. The summed E-state index contributed by atoms with van der Waals surface area (Å²) >= 11 is 0. The minimum atomic E-state index is -3.05. The summed E-state index contributed by atoms with van der Waals surface area (Å²) in [6, 6.07) is 3.68. The summed E-state index contributed by atoms with van der Waals surface area (Å²) in [6.45, 7) is 2.07. The Morgan fingerprint density at radius 1 is 1.55 bits per heavy atom. The maximum Gasteiger partial charge on any atom is 0.172 e. The van der Waals surface area contributed by atoms with E-state index >= 15 is 0 Å². The summed E-state index contributed by atoms with van der Waals surface area (Å²) < 4.78 is 36.5. The Morgan fingerprint density at radius 2 is 2.25 bits per heavy atom. The maximum atomic E-state index is 13.3. The molecule has 0 bridgehead atoms. The molecule has 0 radical (unpaired) electrons. The molecule has 1 saturated heterocycles. The van der Waals surface area contributed by atoms with Crippen LogP contribution in [-0.4, -0.2) is 43.6 Å². The van der Waals surface area contributed by atoms with E-state index < -0.39 is 15.7 Å². The first-order valence-electron chi connectivity index (χ1n) is 6.08.